The number of carbonyl (C=O) groups excluding carboxylic acids is 2. The lowest BCUT2D eigenvalue weighted by Crippen LogP contribution is -2.42. The van der Waals surface area contributed by atoms with Gasteiger partial charge < -0.3 is 26.8 Å². The van der Waals surface area contributed by atoms with Crippen molar-refractivity contribution in [3.63, 3.8) is 0 Å². The first kappa shape index (κ1) is 26.3. The topological polar surface area (TPSA) is 166 Å². The van der Waals surface area contributed by atoms with Crippen molar-refractivity contribution in [2.75, 3.05) is 17.2 Å². The number of primary amides is 1. The Balaban J connectivity index is 1.94. The summed E-state index contributed by atoms with van der Waals surface area (Å²) in [5.41, 5.74) is 5.02. The van der Waals surface area contributed by atoms with E-state index in [4.69, 9.17) is 22.6 Å². The number of halogens is 2. The number of amides is 2. The van der Waals surface area contributed by atoms with Crippen molar-refractivity contribution in [1.29, 1.82) is 5.26 Å². The Kier molecular flexibility index (Phi) is 8.03. The molecule has 0 saturated carbocycles. The maximum Gasteiger partial charge on any atom is 0.255 e. The van der Waals surface area contributed by atoms with E-state index in [0.29, 0.717) is 5.69 Å². The Morgan fingerprint density at radius 1 is 1.22 bits per heavy atom. The Bertz CT molecular complexity index is 1340. The van der Waals surface area contributed by atoms with Crippen molar-refractivity contribution in [1.82, 2.24) is 15.3 Å². The fraction of sp³-hybridized carbons (Fsp3) is 0.208. The first-order valence-corrected chi connectivity index (χ1v) is 11.0. The predicted molar refractivity (Wildman–Crippen MR) is 133 cm³/mol. The standard InChI is InChI=1S/C24H23ClFN7O3/c1-24(2,36)19(26)12-31-23(35)16-11-29-20(33-22-17(25)6-13(9-27)10-30-22)8-18(16)32-15-5-3-4-14(7-15)21(28)34/h3-8,10-11,19,36H,12H2,1-2H3,(H2,28,34)(H,31,35)(H2,29,30,32,33)/t19-/m1/s1. The third kappa shape index (κ3) is 6.65. The minimum absolute atomic E-state index is 0.0619. The number of anilines is 4. The van der Waals surface area contributed by atoms with Crippen LogP contribution in [0.1, 0.15) is 40.1 Å². The van der Waals surface area contributed by atoms with Gasteiger partial charge >= 0.3 is 0 Å². The number of carbonyl (C=O) groups is 2. The number of nitrogens with one attached hydrogen (secondary N) is 3. The van der Waals surface area contributed by atoms with Gasteiger partial charge in [-0.15, -0.1) is 0 Å². The first-order chi connectivity index (χ1) is 17.0. The molecule has 10 nitrogen and oxygen atoms in total. The number of hydrogen-bond donors (Lipinski definition) is 5. The molecule has 0 radical (unpaired) electrons. The summed E-state index contributed by atoms with van der Waals surface area (Å²) in [4.78, 5) is 32.7. The zero-order chi connectivity index (χ0) is 26.5. The van der Waals surface area contributed by atoms with E-state index in [1.807, 2.05) is 6.07 Å². The van der Waals surface area contributed by atoms with E-state index >= 15 is 0 Å². The lowest BCUT2D eigenvalue weighted by molar-refractivity contribution is -0.00177. The molecule has 1 aromatic carbocycles. The number of benzene rings is 1. The second-order valence-electron chi connectivity index (χ2n) is 8.31. The van der Waals surface area contributed by atoms with Crippen LogP contribution in [0.25, 0.3) is 0 Å². The zero-order valence-corrected chi connectivity index (χ0v) is 20.1. The molecule has 0 aliphatic rings. The van der Waals surface area contributed by atoms with Crippen LogP contribution in [0.3, 0.4) is 0 Å². The van der Waals surface area contributed by atoms with E-state index in [-0.39, 0.29) is 39.0 Å². The maximum atomic E-state index is 14.2. The fourth-order valence-corrected chi connectivity index (χ4v) is 3.17. The number of hydrogen-bond acceptors (Lipinski definition) is 8. The van der Waals surface area contributed by atoms with E-state index in [0.717, 1.165) is 0 Å². The number of alkyl halides is 1. The Hall–Kier alpha value is -4.27. The average molecular weight is 512 g/mol. The second-order valence-corrected chi connectivity index (χ2v) is 8.71. The Morgan fingerprint density at radius 2 is 1.97 bits per heavy atom. The molecular formula is C24H23ClFN7O3. The van der Waals surface area contributed by atoms with Crippen molar-refractivity contribution in [3.05, 3.63) is 70.5 Å². The van der Waals surface area contributed by atoms with Crippen LogP contribution in [-0.4, -0.2) is 45.2 Å². The van der Waals surface area contributed by atoms with Gasteiger partial charge in [-0.2, -0.15) is 5.26 Å². The van der Waals surface area contributed by atoms with E-state index in [2.05, 4.69) is 25.9 Å². The Labute approximate surface area is 211 Å². The second kappa shape index (κ2) is 11.0. The van der Waals surface area contributed by atoms with Crippen molar-refractivity contribution >= 4 is 46.4 Å². The Morgan fingerprint density at radius 3 is 2.61 bits per heavy atom. The van der Waals surface area contributed by atoms with E-state index in [1.165, 1.54) is 50.5 Å². The van der Waals surface area contributed by atoms with Gasteiger partial charge in [-0.25, -0.2) is 14.4 Å². The highest BCUT2D eigenvalue weighted by Crippen LogP contribution is 2.28. The minimum atomic E-state index is -1.70. The molecule has 0 aliphatic heterocycles. The number of aromatic nitrogens is 2. The molecule has 12 heteroatoms. The molecule has 0 aliphatic carbocycles. The minimum Gasteiger partial charge on any atom is -0.387 e. The van der Waals surface area contributed by atoms with Crippen molar-refractivity contribution in [3.8, 4) is 6.07 Å². The van der Waals surface area contributed by atoms with Crippen LogP contribution in [0.4, 0.5) is 27.4 Å². The smallest absolute Gasteiger partial charge is 0.255 e. The van der Waals surface area contributed by atoms with Crippen molar-refractivity contribution in [2.45, 2.75) is 25.6 Å². The average Bonchev–Trinajstić information content (AvgIpc) is 2.83. The van der Waals surface area contributed by atoms with Gasteiger partial charge in [0.25, 0.3) is 5.91 Å². The van der Waals surface area contributed by atoms with Crippen LogP contribution in [0, 0.1) is 11.3 Å². The third-order valence-corrected chi connectivity index (χ3v) is 5.29. The quantitative estimate of drug-likeness (QED) is 0.291. The summed E-state index contributed by atoms with van der Waals surface area (Å²) in [6.45, 7) is 2.17. The summed E-state index contributed by atoms with van der Waals surface area (Å²) < 4.78 is 14.2. The van der Waals surface area contributed by atoms with Gasteiger partial charge in [-0.05, 0) is 38.1 Å². The van der Waals surface area contributed by atoms with E-state index in [9.17, 15) is 19.1 Å². The first-order valence-electron chi connectivity index (χ1n) is 10.6. The molecule has 1 atom stereocenters. The largest absolute Gasteiger partial charge is 0.387 e. The van der Waals surface area contributed by atoms with E-state index in [1.54, 1.807) is 12.1 Å². The van der Waals surface area contributed by atoms with Gasteiger partial charge in [0.15, 0.2) is 0 Å². The van der Waals surface area contributed by atoms with Crippen LogP contribution < -0.4 is 21.7 Å². The van der Waals surface area contributed by atoms with Gasteiger partial charge in [-0.3, -0.25) is 9.59 Å². The molecule has 3 aromatic rings. The zero-order valence-electron chi connectivity index (χ0n) is 19.3. The highest BCUT2D eigenvalue weighted by atomic mass is 35.5. The molecule has 2 amide bonds. The number of nitrogens with two attached hydrogens (primary N) is 1. The summed E-state index contributed by atoms with van der Waals surface area (Å²) in [7, 11) is 0. The number of nitriles is 1. The molecule has 0 bridgehead atoms. The number of rotatable bonds is 9. The highest BCUT2D eigenvalue weighted by Gasteiger charge is 2.27. The number of pyridine rings is 2. The predicted octanol–water partition coefficient (Wildman–Crippen LogP) is 3.43. The lowest BCUT2D eigenvalue weighted by Gasteiger charge is -2.22. The molecule has 36 heavy (non-hydrogen) atoms. The molecule has 0 fully saturated rings. The van der Waals surface area contributed by atoms with Crippen molar-refractivity contribution in [2.24, 2.45) is 5.73 Å². The normalized spacial score (nSPS) is 11.8. The van der Waals surface area contributed by atoms with Gasteiger partial charge in [0.1, 0.15) is 23.9 Å². The molecule has 6 N–H and O–H groups in total. The molecule has 3 rings (SSSR count). The molecule has 0 unspecified atom stereocenters. The molecule has 0 spiro atoms. The maximum absolute atomic E-state index is 14.2. The van der Waals surface area contributed by atoms with Crippen LogP contribution >= 0.6 is 11.6 Å². The summed E-state index contributed by atoms with van der Waals surface area (Å²) >= 11 is 6.18. The SMILES string of the molecule is CC(C)(O)[C@H](F)CNC(=O)c1cnc(Nc2ncc(C#N)cc2Cl)cc1Nc1cccc(C(N)=O)c1. The summed E-state index contributed by atoms with van der Waals surface area (Å²) in [5.74, 6) is -0.800. The molecule has 2 heterocycles. The van der Waals surface area contributed by atoms with Crippen LogP contribution in [0.15, 0.2) is 48.8 Å². The fourth-order valence-electron chi connectivity index (χ4n) is 2.95. The summed E-state index contributed by atoms with van der Waals surface area (Å²) in [6, 6.07) is 11.2. The van der Waals surface area contributed by atoms with E-state index < -0.39 is 30.1 Å². The summed E-state index contributed by atoms with van der Waals surface area (Å²) in [6.07, 6.45) is 0.886. The molecule has 0 saturated heterocycles. The van der Waals surface area contributed by atoms with Gasteiger partial charge in [0, 0.05) is 29.7 Å². The third-order valence-electron chi connectivity index (χ3n) is 5.00. The molecule has 2 aromatic heterocycles. The van der Waals surface area contributed by atoms with Crippen LogP contribution in [0.5, 0.6) is 0 Å². The van der Waals surface area contributed by atoms with Crippen LogP contribution in [0.2, 0.25) is 5.02 Å². The van der Waals surface area contributed by atoms with Gasteiger partial charge in [0.2, 0.25) is 5.91 Å². The lowest BCUT2D eigenvalue weighted by atomic mass is 10.0. The summed E-state index contributed by atoms with van der Waals surface area (Å²) in [5, 5.41) is 27.3. The molecule has 186 valence electrons. The number of nitrogens with zero attached hydrogens (tertiary/aromatic N) is 3. The molecular weight excluding hydrogens is 489 g/mol. The van der Waals surface area contributed by atoms with Crippen molar-refractivity contribution < 1.29 is 19.1 Å². The van der Waals surface area contributed by atoms with Gasteiger partial charge in [-0.1, -0.05) is 17.7 Å². The van der Waals surface area contributed by atoms with Gasteiger partial charge in [0.05, 0.1) is 34.0 Å². The highest BCUT2D eigenvalue weighted by molar-refractivity contribution is 6.33. The monoisotopic (exact) mass is 511 g/mol. The van der Waals surface area contributed by atoms with Crippen LogP contribution in [-0.2, 0) is 0 Å². The number of aliphatic hydroxyl groups is 1.